The predicted octanol–water partition coefficient (Wildman–Crippen LogP) is 12.5. The Balaban J connectivity index is 1.16. The van der Waals surface area contributed by atoms with E-state index in [2.05, 4.69) is 161 Å². The van der Waals surface area contributed by atoms with E-state index in [1.165, 1.54) is 85.3 Å². The maximum Gasteiger partial charge on any atom is 0.195 e. The van der Waals surface area contributed by atoms with Crippen molar-refractivity contribution in [1.82, 2.24) is 14.1 Å². The van der Waals surface area contributed by atoms with Gasteiger partial charge in [0.1, 0.15) is 0 Å². The number of nitrogens with zero attached hydrogens (tertiary/aromatic N) is 3. The largest absolute Gasteiger partial charge is 0.309 e. The summed E-state index contributed by atoms with van der Waals surface area (Å²) in [4.78, 5) is 5.29. The molecule has 4 aromatic heterocycles. The van der Waals surface area contributed by atoms with Crippen LogP contribution >= 0.6 is 22.7 Å². The van der Waals surface area contributed by atoms with Crippen molar-refractivity contribution in [3.63, 3.8) is 0 Å². The first-order valence-corrected chi connectivity index (χ1v) is 17.8. The first-order valence-electron chi connectivity index (χ1n) is 16.1. The van der Waals surface area contributed by atoms with Crippen LogP contribution in [0.1, 0.15) is 0 Å². The molecule has 48 heavy (non-hydrogen) atoms. The lowest BCUT2D eigenvalue weighted by Crippen LogP contribution is -1.94. The van der Waals surface area contributed by atoms with Gasteiger partial charge < -0.3 is 4.57 Å². The van der Waals surface area contributed by atoms with E-state index in [9.17, 15) is 0 Å². The Morgan fingerprint density at radius 3 is 1.73 bits per heavy atom. The van der Waals surface area contributed by atoms with E-state index in [0.29, 0.717) is 0 Å². The molecule has 7 aromatic carbocycles. The van der Waals surface area contributed by atoms with Crippen LogP contribution in [0, 0.1) is 0 Å². The van der Waals surface area contributed by atoms with Gasteiger partial charge >= 0.3 is 0 Å². The Kier molecular flexibility index (Phi) is 5.42. The third-order valence-corrected chi connectivity index (χ3v) is 12.0. The van der Waals surface area contributed by atoms with Crippen molar-refractivity contribution in [3.05, 3.63) is 152 Å². The number of benzene rings is 7. The van der Waals surface area contributed by atoms with Crippen molar-refractivity contribution in [1.29, 1.82) is 0 Å². The maximum absolute atomic E-state index is 5.29. The van der Waals surface area contributed by atoms with Gasteiger partial charge in [0.05, 0.1) is 32.3 Å². The van der Waals surface area contributed by atoms with Crippen LogP contribution in [-0.4, -0.2) is 14.1 Å². The summed E-state index contributed by atoms with van der Waals surface area (Å²) in [7, 11) is 0. The van der Waals surface area contributed by atoms with E-state index in [4.69, 9.17) is 4.98 Å². The van der Waals surface area contributed by atoms with Gasteiger partial charge in [-0.3, -0.25) is 4.57 Å². The topological polar surface area (TPSA) is 22.8 Å². The number of thiophene rings is 1. The number of hydrogen-bond donors (Lipinski definition) is 0. The highest BCUT2D eigenvalue weighted by Gasteiger charge is 2.19. The minimum atomic E-state index is 0.996. The van der Waals surface area contributed by atoms with Gasteiger partial charge in [0.2, 0.25) is 0 Å². The van der Waals surface area contributed by atoms with E-state index in [-0.39, 0.29) is 0 Å². The summed E-state index contributed by atoms with van der Waals surface area (Å²) in [6.07, 6.45) is 0. The monoisotopic (exact) mass is 647 g/mol. The fourth-order valence-corrected chi connectivity index (χ4v) is 9.97. The number of hydrogen-bond acceptors (Lipinski definition) is 3. The van der Waals surface area contributed by atoms with Crippen LogP contribution in [0.25, 0.3) is 95.9 Å². The van der Waals surface area contributed by atoms with Crippen LogP contribution in [0.5, 0.6) is 0 Å². The Morgan fingerprint density at radius 2 is 1.00 bits per heavy atom. The summed E-state index contributed by atoms with van der Waals surface area (Å²) >= 11 is 3.65. The third-order valence-electron chi connectivity index (χ3n) is 9.77. The third kappa shape index (κ3) is 3.66. The van der Waals surface area contributed by atoms with Crippen molar-refractivity contribution in [2.45, 2.75) is 0 Å². The lowest BCUT2D eigenvalue weighted by atomic mass is 10.0. The molecule has 0 amide bonds. The van der Waals surface area contributed by atoms with Gasteiger partial charge in [-0.05, 0) is 65.7 Å². The molecule has 3 nitrogen and oxygen atoms in total. The molecule has 224 valence electrons. The molecular formula is C43H25N3S2. The lowest BCUT2D eigenvalue weighted by Gasteiger charge is -2.09. The fourth-order valence-electron chi connectivity index (χ4n) is 7.64. The van der Waals surface area contributed by atoms with Crippen LogP contribution in [0.3, 0.4) is 0 Å². The molecule has 0 saturated heterocycles. The minimum Gasteiger partial charge on any atom is -0.309 e. The molecule has 0 aliphatic carbocycles. The van der Waals surface area contributed by atoms with Crippen LogP contribution in [0.2, 0.25) is 0 Å². The normalized spacial score (nSPS) is 12.2. The number of rotatable bonds is 3. The predicted molar refractivity (Wildman–Crippen MR) is 207 cm³/mol. The molecule has 0 unspecified atom stereocenters. The van der Waals surface area contributed by atoms with Crippen molar-refractivity contribution >= 4 is 96.7 Å². The average molecular weight is 648 g/mol. The maximum atomic E-state index is 5.29. The molecule has 0 spiro atoms. The molecule has 0 bridgehead atoms. The van der Waals surface area contributed by atoms with E-state index in [0.717, 1.165) is 10.6 Å². The fraction of sp³-hybridized carbons (Fsp3) is 0. The highest BCUT2D eigenvalue weighted by atomic mass is 32.1. The van der Waals surface area contributed by atoms with Gasteiger partial charge in [-0.25, -0.2) is 4.98 Å². The second-order valence-electron chi connectivity index (χ2n) is 12.4. The molecule has 0 aliphatic rings. The van der Waals surface area contributed by atoms with Crippen LogP contribution < -0.4 is 0 Å². The second-order valence-corrected chi connectivity index (χ2v) is 14.4. The van der Waals surface area contributed by atoms with Gasteiger partial charge in [-0.2, -0.15) is 0 Å². The number of thiazole rings is 1. The zero-order chi connectivity index (χ0) is 31.3. The Hall–Kier alpha value is -5.75. The Morgan fingerprint density at radius 1 is 0.417 bits per heavy atom. The lowest BCUT2D eigenvalue weighted by molar-refractivity contribution is 1.15. The summed E-state index contributed by atoms with van der Waals surface area (Å²) in [5.74, 6) is 0. The molecule has 0 aliphatic heterocycles. The summed E-state index contributed by atoms with van der Waals surface area (Å²) in [6, 6.07) is 55.1. The van der Waals surface area contributed by atoms with Gasteiger partial charge in [-0.1, -0.05) is 108 Å². The summed E-state index contributed by atoms with van der Waals surface area (Å²) in [6.45, 7) is 0. The van der Waals surface area contributed by atoms with Crippen molar-refractivity contribution in [3.8, 4) is 21.9 Å². The molecule has 11 rings (SSSR count). The highest BCUT2D eigenvalue weighted by molar-refractivity contribution is 7.28. The summed E-state index contributed by atoms with van der Waals surface area (Å²) in [5.41, 5.74) is 9.36. The van der Waals surface area contributed by atoms with Gasteiger partial charge in [0, 0.05) is 47.4 Å². The van der Waals surface area contributed by atoms with Crippen LogP contribution in [0.4, 0.5) is 0 Å². The second kappa shape index (κ2) is 9.88. The van der Waals surface area contributed by atoms with Crippen LogP contribution in [-0.2, 0) is 0 Å². The smallest absolute Gasteiger partial charge is 0.195 e. The molecule has 0 N–H and O–H groups in total. The molecule has 0 atom stereocenters. The summed E-state index contributed by atoms with van der Waals surface area (Å²) < 4.78 is 8.64. The van der Waals surface area contributed by atoms with E-state index in [1.807, 2.05) is 11.3 Å². The first kappa shape index (κ1) is 26.3. The molecule has 5 heteroatoms. The minimum absolute atomic E-state index is 0.996. The van der Waals surface area contributed by atoms with Crippen molar-refractivity contribution < 1.29 is 0 Å². The molecule has 4 heterocycles. The zero-order valence-electron chi connectivity index (χ0n) is 25.6. The molecule has 0 fully saturated rings. The van der Waals surface area contributed by atoms with Crippen molar-refractivity contribution in [2.24, 2.45) is 0 Å². The van der Waals surface area contributed by atoms with Crippen LogP contribution in [0.15, 0.2) is 152 Å². The number of aromatic nitrogens is 3. The zero-order valence-corrected chi connectivity index (χ0v) is 27.2. The molecule has 0 radical (unpaired) electrons. The van der Waals surface area contributed by atoms with E-state index in [1.54, 1.807) is 11.3 Å². The Labute approximate surface area is 283 Å². The van der Waals surface area contributed by atoms with Gasteiger partial charge in [0.15, 0.2) is 5.13 Å². The SMILES string of the molecule is c1ccc(-n2c3ccccc3c3ccc(-c4ccc5c6ccccc6n(-c6nc7ccc8sc9ccccc9c8c7s6)c5c4)cc32)cc1. The Bertz CT molecular complexity index is 3070. The number of fused-ring (bicyclic) bond motifs is 11. The highest BCUT2D eigenvalue weighted by Crippen LogP contribution is 2.43. The summed E-state index contributed by atoms with van der Waals surface area (Å²) in [5, 5.41) is 8.63. The van der Waals surface area contributed by atoms with Gasteiger partial charge in [0.25, 0.3) is 0 Å². The average Bonchev–Trinajstić information content (AvgIpc) is 3.90. The first-order chi connectivity index (χ1) is 23.8. The standard InChI is InChI=1S/C43H25N3S2/c1-2-10-28(11-3-1)45-35-15-7-4-12-29(35)31-20-18-26(24-37(31)45)27-19-21-32-30-13-5-8-16-36(30)46(38(32)25-27)43-44-34-22-23-40-41(42(34)48-43)33-14-6-9-17-39(33)47-40/h1-25H. The van der Waals surface area contributed by atoms with Gasteiger partial charge in [-0.15, -0.1) is 11.3 Å². The quantitative estimate of drug-likeness (QED) is 0.187. The molecule has 11 aromatic rings. The van der Waals surface area contributed by atoms with Crippen molar-refractivity contribution in [2.75, 3.05) is 0 Å². The molecule has 0 saturated carbocycles. The number of para-hydroxylation sites is 3. The molecular weight excluding hydrogens is 623 g/mol. The van der Waals surface area contributed by atoms with E-state index < -0.39 is 0 Å². The van der Waals surface area contributed by atoms with E-state index >= 15 is 0 Å².